The number of carbonyl (C=O) groups excluding carboxylic acids is 1. The third kappa shape index (κ3) is 4.44. The first-order valence-electron chi connectivity index (χ1n) is 7.83. The van der Waals surface area contributed by atoms with Crippen molar-refractivity contribution in [2.75, 3.05) is 11.6 Å². The summed E-state index contributed by atoms with van der Waals surface area (Å²) in [7, 11) is 0. The predicted molar refractivity (Wildman–Crippen MR) is 93.3 cm³/mol. The molecule has 0 spiro atoms. The van der Waals surface area contributed by atoms with Crippen LogP contribution in [0.25, 0.3) is 0 Å². The van der Waals surface area contributed by atoms with Crippen LogP contribution in [0.1, 0.15) is 12.5 Å². The van der Waals surface area contributed by atoms with E-state index in [0.717, 1.165) is 0 Å². The van der Waals surface area contributed by atoms with Crippen LogP contribution in [0, 0.1) is 11.3 Å². The number of anilines is 1. The van der Waals surface area contributed by atoms with Crippen LogP contribution < -0.4 is 10.4 Å². The van der Waals surface area contributed by atoms with Crippen LogP contribution in [0.4, 0.5) is 32.0 Å². The zero-order chi connectivity index (χ0) is 22.9. The molecular weight excluding hydrogens is 465 g/mol. The van der Waals surface area contributed by atoms with Crippen LogP contribution in [-0.2, 0) is 15.7 Å². The summed E-state index contributed by atoms with van der Waals surface area (Å²) in [6.07, 6.45) is -9.46. The fourth-order valence-corrected chi connectivity index (χ4v) is 3.27. The first kappa shape index (κ1) is 23.7. The van der Waals surface area contributed by atoms with Gasteiger partial charge in [0.15, 0.2) is 6.04 Å². The first-order chi connectivity index (χ1) is 13.9. The Bertz CT molecular complexity index is 928. The third-order valence-electron chi connectivity index (χ3n) is 3.68. The monoisotopic (exact) mass is 474 g/mol. The molecule has 1 aliphatic heterocycles. The number of hydrogen-bond acceptors (Lipinski definition) is 6. The number of rotatable bonds is 5. The molecule has 1 aromatic carbocycles. The maximum atomic E-state index is 13.7. The minimum atomic E-state index is -5.07. The van der Waals surface area contributed by atoms with Crippen LogP contribution in [0.15, 0.2) is 29.8 Å². The van der Waals surface area contributed by atoms with Crippen LogP contribution in [0.2, 0.25) is 10.0 Å². The van der Waals surface area contributed by atoms with Gasteiger partial charge in [0.1, 0.15) is 23.3 Å². The molecule has 1 unspecified atom stereocenters. The van der Waals surface area contributed by atoms with Gasteiger partial charge in [0.05, 0.1) is 28.4 Å². The molecule has 14 heteroatoms. The summed E-state index contributed by atoms with van der Waals surface area (Å²) in [5.41, 5.74) is -0.763. The van der Waals surface area contributed by atoms with Crippen molar-refractivity contribution in [3.05, 3.63) is 45.4 Å². The maximum absolute atomic E-state index is 13.7. The molecule has 2 rings (SSSR count). The molecule has 30 heavy (non-hydrogen) atoms. The maximum Gasteiger partial charge on any atom is 0.416 e. The van der Waals surface area contributed by atoms with Gasteiger partial charge in [-0.1, -0.05) is 23.2 Å². The largest absolute Gasteiger partial charge is 0.477 e. The minimum absolute atomic E-state index is 0.213. The highest BCUT2D eigenvalue weighted by Gasteiger charge is 2.56. The molecule has 1 aromatic rings. The molecule has 0 aliphatic carbocycles. The first-order valence-corrected chi connectivity index (χ1v) is 8.58. The van der Waals surface area contributed by atoms with Crippen LogP contribution in [0.3, 0.4) is 0 Å². The van der Waals surface area contributed by atoms with E-state index in [1.54, 1.807) is 0 Å². The molecule has 1 heterocycles. The Morgan fingerprint density at radius 3 is 2.20 bits per heavy atom. The van der Waals surface area contributed by atoms with Gasteiger partial charge in [-0.2, -0.15) is 31.6 Å². The number of nitrogens with one attached hydrogen (secondary N) is 1. The number of hydrogen-bond donors (Lipinski definition) is 1. The molecule has 0 radical (unpaired) electrons. The van der Waals surface area contributed by atoms with Crippen LogP contribution >= 0.6 is 23.2 Å². The van der Waals surface area contributed by atoms with Gasteiger partial charge in [0, 0.05) is 0 Å². The Labute approximate surface area is 175 Å². The summed E-state index contributed by atoms with van der Waals surface area (Å²) in [5, 5.41) is 8.72. The normalized spacial score (nSPS) is 17.6. The predicted octanol–water partition coefficient (Wildman–Crippen LogP) is 4.60. The highest BCUT2D eigenvalue weighted by Crippen LogP contribution is 2.47. The van der Waals surface area contributed by atoms with E-state index in [2.05, 4.69) is 0 Å². The van der Waals surface area contributed by atoms with Crippen molar-refractivity contribution in [2.24, 2.45) is 0 Å². The average Bonchev–Trinajstić information content (AvgIpc) is 2.92. The van der Waals surface area contributed by atoms with Gasteiger partial charge in [-0.25, -0.2) is 9.80 Å². The topological polar surface area (TPSA) is 68.6 Å². The number of alkyl halides is 6. The number of nitrogens with zero attached hydrogens (tertiary/aromatic N) is 3. The van der Waals surface area contributed by atoms with Gasteiger partial charge < -0.3 is 4.74 Å². The number of benzene rings is 1. The van der Waals surface area contributed by atoms with Crippen molar-refractivity contribution in [3.63, 3.8) is 0 Å². The highest BCUT2D eigenvalue weighted by molar-refractivity contribution is 6.39. The van der Waals surface area contributed by atoms with E-state index >= 15 is 0 Å². The molecule has 0 aromatic heterocycles. The number of hydrazine groups is 2. The zero-order valence-corrected chi connectivity index (χ0v) is 16.2. The second-order valence-electron chi connectivity index (χ2n) is 5.54. The summed E-state index contributed by atoms with van der Waals surface area (Å²) in [6.45, 7) is 1.19. The van der Waals surface area contributed by atoms with Gasteiger partial charge in [-0.05, 0) is 19.1 Å². The SMILES string of the molecule is CCOC1=C(C#N)C(C(F)(F)F)N(NC=C=O)N1c1c(Cl)cc(C(F)(F)F)cc1Cl. The smallest absolute Gasteiger partial charge is 0.416 e. The number of ether oxygens (including phenoxy) is 1. The molecule has 162 valence electrons. The average molecular weight is 475 g/mol. The Balaban J connectivity index is 2.81. The van der Waals surface area contributed by atoms with E-state index in [0.29, 0.717) is 23.3 Å². The highest BCUT2D eigenvalue weighted by atomic mass is 35.5. The van der Waals surface area contributed by atoms with Crippen molar-refractivity contribution in [1.29, 1.82) is 5.26 Å². The van der Waals surface area contributed by atoms with E-state index in [4.69, 9.17) is 27.9 Å². The Morgan fingerprint density at radius 1 is 1.23 bits per heavy atom. The van der Waals surface area contributed by atoms with Crippen molar-refractivity contribution in [3.8, 4) is 6.07 Å². The summed E-state index contributed by atoms with van der Waals surface area (Å²) in [6, 6.07) is -0.406. The molecular formula is C16H10Cl2F6N4O2. The summed E-state index contributed by atoms with van der Waals surface area (Å²) >= 11 is 11.9. The molecule has 0 saturated carbocycles. The molecule has 1 aliphatic rings. The zero-order valence-electron chi connectivity index (χ0n) is 14.7. The molecule has 0 bridgehead atoms. The Morgan fingerprint density at radius 2 is 1.80 bits per heavy atom. The fraction of sp³-hybridized carbons (Fsp3) is 0.312. The quantitative estimate of drug-likeness (QED) is 0.496. The lowest BCUT2D eigenvalue weighted by Gasteiger charge is -2.35. The lowest BCUT2D eigenvalue weighted by molar-refractivity contribution is -0.174. The van der Waals surface area contributed by atoms with Crippen molar-refractivity contribution in [2.45, 2.75) is 25.3 Å². The van der Waals surface area contributed by atoms with Gasteiger partial charge in [-0.3, -0.25) is 5.43 Å². The molecule has 1 N–H and O–H groups in total. The number of nitriles is 1. The fourth-order valence-electron chi connectivity index (χ4n) is 2.62. The lowest BCUT2D eigenvalue weighted by Crippen LogP contribution is -2.55. The van der Waals surface area contributed by atoms with E-state index in [9.17, 15) is 36.4 Å². The van der Waals surface area contributed by atoms with E-state index in [1.807, 2.05) is 5.43 Å². The Hall–Kier alpha value is -2.58. The summed E-state index contributed by atoms with van der Waals surface area (Å²) in [5.74, 6) is 0.515. The Kier molecular flexibility index (Phi) is 6.83. The van der Waals surface area contributed by atoms with Crippen LogP contribution in [-0.4, -0.2) is 29.9 Å². The standard InChI is InChI=1S/C16H10Cl2F6N4O2/c1-2-30-14-9(7-25)13(16(22,23)24)28(26-3-4-29)27(14)12-10(17)5-8(6-11(12)18)15(19,20)21/h3,5-6,13,26H,2H2,1H3. The second-order valence-corrected chi connectivity index (χ2v) is 6.36. The third-order valence-corrected chi connectivity index (χ3v) is 4.26. The van der Waals surface area contributed by atoms with Gasteiger partial charge in [0.2, 0.25) is 5.88 Å². The summed E-state index contributed by atoms with van der Waals surface area (Å²) < 4.78 is 85.4. The minimum Gasteiger partial charge on any atom is -0.477 e. The molecule has 0 amide bonds. The lowest BCUT2D eigenvalue weighted by atomic mass is 10.1. The van der Waals surface area contributed by atoms with Crippen molar-refractivity contribution in [1.82, 2.24) is 10.5 Å². The molecule has 0 saturated heterocycles. The van der Waals surface area contributed by atoms with E-state index in [1.165, 1.54) is 18.9 Å². The van der Waals surface area contributed by atoms with Crippen LogP contribution in [0.5, 0.6) is 0 Å². The van der Waals surface area contributed by atoms with E-state index < -0.39 is 51.1 Å². The second kappa shape index (κ2) is 8.65. The number of halogens is 8. The molecule has 6 nitrogen and oxygen atoms in total. The summed E-state index contributed by atoms with van der Waals surface area (Å²) in [4.78, 5) is 10.6. The van der Waals surface area contributed by atoms with Gasteiger partial charge in [-0.15, -0.1) is 5.12 Å². The van der Waals surface area contributed by atoms with Crippen molar-refractivity contribution >= 4 is 34.8 Å². The van der Waals surface area contributed by atoms with Crippen molar-refractivity contribution < 1.29 is 35.9 Å². The van der Waals surface area contributed by atoms with Gasteiger partial charge >= 0.3 is 12.4 Å². The molecule has 1 atom stereocenters. The van der Waals surface area contributed by atoms with E-state index in [-0.39, 0.29) is 11.7 Å². The molecule has 0 fully saturated rings. The van der Waals surface area contributed by atoms with Gasteiger partial charge in [0.25, 0.3) is 0 Å².